The van der Waals surface area contributed by atoms with Crippen molar-refractivity contribution in [3.63, 3.8) is 0 Å². The van der Waals surface area contributed by atoms with Gasteiger partial charge in [0.2, 0.25) is 0 Å². The van der Waals surface area contributed by atoms with Crippen LogP contribution < -0.4 is 15.1 Å². The molecular formula is C34H29N7O3. The summed E-state index contributed by atoms with van der Waals surface area (Å²) in [6, 6.07) is 23.6. The van der Waals surface area contributed by atoms with Gasteiger partial charge in [0.05, 0.1) is 34.3 Å². The zero-order valence-corrected chi connectivity index (χ0v) is 24.2. The van der Waals surface area contributed by atoms with Crippen LogP contribution in [0.4, 0.5) is 17.2 Å². The number of aryl methyl sites for hydroxylation is 1. The van der Waals surface area contributed by atoms with Gasteiger partial charge in [-0.15, -0.1) is 0 Å². The number of hydrogen-bond donors (Lipinski definition) is 3. The van der Waals surface area contributed by atoms with Crippen molar-refractivity contribution >= 4 is 45.0 Å². The maximum absolute atomic E-state index is 11.8. The van der Waals surface area contributed by atoms with Crippen LogP contribution in [-0.2, 0) is 0 Å². The van der Waals surface area contributed by atoms with Crippen molar-refractivity contribution in [3.05, 3.63) is 94.7 Å². The highest BCUT2D eigenvalue weighted by Crippen LogP contribution is 2.34. The van der Waals surface area contributed by atoms with E-state index in [0.717, 1.165) is 27.6 Å². The Morgan fingerprint density at radius 1 is 0.932 bits per heavy atom. The van der Waals surface area contributed by atoms with Crippen molar-refractivity contribution in [2.75, 3.05) is 41.3 Å². The van der Waals surface area contributed by atoms with Crippen molar-refractivity contribution < 1.29 is 15.0 Å². The molecule has 1 saturated heterocycles. The minimum Gasteiger partial charge on any atom is -0.508 e. The van der Waals surface area contributed by atoms with Crippen molar-refractivity contribution in [1.29, 1.82) is 10.5 Å². The summed E-state index contributed by atoms with van der Waals surface area (Å²) in [5, 5.41) is 44.4. The van der Waals surface area contributed by atoms with E-state index in [9.17, 15) is 25.5 Å². The fourth-order valence-corrected chi connectivity index (χ4v) is 5.91. The summed E-state index contributed by atoms with van der Waals surface area (Å²) >= 11 is 0. The number of benzene rings is 4. The van der Waals surface area contributed by atoms with E-state index in [1.54, 1.807) is 48.5 Å². The van der Waals surface area contributed by atoms with E-state index in [1.165, 1.54) is 0 Å². The van der Waals surface area contributed by atoms with Gasteiger partial charge in [-0.25, -0.2) is 14.8 Å². The van der Waals surface area contributed by atoms with Crippen molar-refractivity contribution in [3.8, 4) is 17.9 Å². The number of nitrogens with zero attached hydrogens (tertiary/aromatic N) is 6. The van der Waals surface area contributed by atoms with E-state index < -0.39 is 5.97 Å². The van der Waals surface area contributed by atoms with Crippen LogP contribution in [0.3, 0.4) is 0 Å². The number of rotatable bonds is 6. The van der Waals surface area contributed by atoms with Gasteiger partial charge in [0.25, 0.3) is 0 Å². The highest BCUT2D eigenvalue weighted by Gasteiger charge is 2.25. The molecule has 0 amide bonds. The van der Waals surface area contributed by atoms with Gasteiger partial charge in [-0.3, -0.25) is 0 Å². The number of aromatic hydroxyl groups is 1. The summed E-state index contributed by atoms with van der Waals surface area (Å²) in [7, 11) is 0. The molecule has 1 aromatic heterocycles. The van der Waals surface area contributed by atoms with E-state index in [2.05, 4.69) is 27.3 Å². The Labute approximate surface area is 254 Å². The smallest absolute Gasteiger partial charge is 0.337 e. The second kappa shape index (κ2) is 11.4. The molecule has 218 valence electrons. The van der Waals surface area contributed by atoms with Gasteiger partial charge in [0.1, 0.15) is 11.8 Å². The molecular weight excluding hydrogens is 554 g/mol. The molecule has 0 bridgehead atoms. The lowest BCUT2D eigenvalue weighted by molar-refractivity contribution is 0.0698. The number of anilines is 3. The lowest BCUT2D eigenvalue weighted by Gasteiger charge is -2.37. The summed E-state index contributed by atoms with van der Waals surface area (Å²) in [5.41, 5.74) is 5.45. The molecule has 0 unspecified atom stereocenters. The van der Waals surface area contributed by atoms with Crippen molar-refractivity contribution in [2.24, 2.45) is 0 Å². The SMILES string of the molecule is Cc1cc([C@@H](C)Nc2ccccc2C(=O)O)c2nc(N3CCN(c4ccc(C#N)c5ccc(O)cc45)CC3)c(C#N)nc2c1. The number of fused-ring (bicyclic) bond motifs is 2. The Kier molecular flexibility index (Phi) is 7.34. The second-order valence-electron chi connectivity index (χ2n) is 10.9. The van der Waals surface area contributed by atoms with Crippen LogP contribution in [0.2, 0.25) is 0 Å². The molecule has 44 heavy (non-hydrogen) atoms. The van der Waals surface area contributed by atoms with E-state index in [0.29, 0.717) is 54.3 Å². The standard InChI is InChI=1S/C34H29N7O3/c1-20-15-26(21(2)37-28-6-4-3-5-25(28)34(43)44)32-29(16-20)38-30(19-36)33(39-32)41-13-11-40(12-14-41)31-10-7-22(18-35)24-9-8-23(42)17-27(24)31/h3-10,15-17,21,37,42H,11-14H2,1-2H3,(H,43,44)/t21-/m1/s1. The molecule has 5 aromatic rings. The van der Waals surface area contributed by atoms with Gasteiger partial charge in [-0.05, 0) is 67.9 Å². The number of carboxylic acids is 1. The number of carbonyl (C=O) groups is 1. The predicted molar refractivity (Wildman–Crippen MR) is 169 cm³/mol. The van der Waals surface area contributed by atoms with Gasteiger partial charge in [0, 0.05) is 53.9 Å². The quantitative estimate of drug-likeness (QED) is 0.226. The number of phenolic OH excluding ortho intramolecular Hbond substituents is 1. The van der Waals surface area contributed by atoms with Crippen molar-refractivity contribution in [2.45, 2.75) is 19.9 Å². The number of piperazine rings is 1. The van der Waals surface area contributed by atoms with Crippen LogP contribution in [-0.4, -0.2) is 52.3 Å². The maximum Gasteiger partial charge on any atom is 0.337 e. The van der Waals surface area contributed by atoms with Gasteiger partial charge in [-0.1, -0.05) is 18.2 Å². The van der Waals surface area contributed by atoms with E-state index >= 15 is 0 Å². The van der Waals surface area contributed by atoms with Gasteiger partial charge < -0.3 is 25.3 Å². The zero-order valence-electron chi connectivity index (χ0n) is 24.2. The molecule has 1 aliphatic rings. The Bertz CT molecular complexity index is 2020. The zero-order chi connectivity index (χ0) is 31.0. The molecule has 0 saturated carbocycles. The first-order valence-corrected chi connectivity index (χ1v) is 14.2. The summed E-state index contributed by atoms with van der Waals surface area (Å²) in [6.07, 6.45) is 0. The minimum absolute atomic E-state index is 0.138. The highest BCUT2D eigenvalue weighted by molar-refractivity contribution is 5.99. The molecule has 0 aliphatic carbocycles. The molecule has 1 atom stereocenters. The van der Waals surface area contributed by atoms with Gasteiger partial charge in [0.15, 0.2) is 11.5 Å². The third-order valence-electron chi connectivity index (χ3n) is 8.04. The summed E-state index contributed by atoms with van der Waals surface area (Å²) in [5.74, 6) is -0.371. The van der Waals surface area contributed by atoms with Crippen LogP contribution in [0.15, 0.2) is 66.7 Å². The normalized spacial score (nSPS) is 13.8. The van der Waals surface area contributed by atoms with Crippen LogP contribution in [0.5, 0.6) is 5.75 Å². The van der Waals surface area contributed by atoms with Crippen LogP contribution >= 0.6 is 0 Å². The number of nitriles is 2. The average molecular weight is 584 g/mol. The molecule has 2 heterocycles. The number of nitrogens with one attached hydrogen (secondary N) is 1. The summed E-state index contributed by atoms with van der Waals surface area (Å²) < 4.78 is 0. The van der Waals surface area contributed by atoms with Crippen LogP contribution in [0, 0.1) is 29.6 Å². The Balaban J connectivity index is 1.32. The van der Waals surface area contributed by atoms with Gasteiger partial charge in [-0.2, -0.15) is 10.5 Å². The van der Waals surface area contributed by atoms with E-state index in [1.807, 2.05) is 32.0 Å². The first-order chi connectivity index (χ1) is 21.3. The summed E-state index contributed by atoms with van der Waals surface area (Å²) in [4.78, 5) is 25.8. The first-order valence-electron chi connectivity index (χ1n) is 14.2. The average Bonchev–Trinajstić information content (AvgIpc) is 3.03. The number of carboxylic acid groups (broad SMARTS) is 1. The number of phenols is 1. The molecule has 0 spiro atoms. The van der Waals surface area contributed by atoms with E-state index in [4.69, 9.17) is 9.97 Å². The monoisotopic (exact) mass is 583 g/mol. The van der Waals surface area contributed by atoms with Crippen LogP contribution in [0.1, 0.15) is 45.7 Å². The first kappa shape index (κ1) is 28.3. The number of hydrogen-bond acceptors (Lipinski definition) is 9. The molecule has 10 nitrogen and oxygen atoms in total. The summed E-state index contributed by atoms with van der Waals surface area (Å²) in [6.45, 7) is 6.32. The molecule has 0 radical (unpaired) electrons. The Morgan fingerprint density at radius 2 is 1.68 bits per heavy atom. The molecule has 1 aliphatic heterocycles. The molecule has 6 rings (SSSR count). The van der Waals surface area contributed by atoms with E-state index in [-0.39, 0.29) is 23.0 Å². The van der Waals surface area contributed by atoms with Crippen LogP contribution in [0.25, 0.3) is 21.8 Å². The maximum atomic E-state index is 11.8. The number of aromatic carboxylic acids is 1. The van der Waals surface area contributed by atoms with Crippen molar-refractivity contribution in [1.82, 2.24) is 9.97 Å². The highest BCUT2D eigenvalue weighted by atomic mass is 16.4. The number of aromatic nitrogens is 2. The predicted octanol–water partition coefficient (Wildman–Crippen LogP) is 5.74. The molecule has 3 N–H and O–H groups in total. The largest absolute Gasteiger partial charge is 0.508 e. The third-order valence-corrected chi connectivity index (χ3v) is 8.04. The Morgan fingerprint density at radius 3 is 2.41 bits per heavy atom. The molecule has 1 fully saturated rings. The molecule has 10 heteroatoms. The minimum atomic E-state index is -1.01. The lowest BCUT2D eigenvalue weighted by Crippen LogP contribution is -2.47. The lowest BCUT2D eigenvalue weighted by atomic mass is 10.0. The fourth-order valence-electron chi connectivity index (χ4n) is 5.91. The third kappa shape index (κ3) is 5.14. The number of para-hydroxylation sites is 1. The fraction of sp³-hybridized carbons (Fsp3) is 0.206. The second-order valence-corrected chi connectivity index (χ2v) is 10.9. The Hall–Kier alpha value is -5.87. The molecule has 4 aromatic carbocycles. The topological polar surface area (TPSA) is 149 Å². The van der Waals surface area contributed by atoms with Gasteiger partial charge >= 0.3 is 5.97 Å².